The van der Waals surface area contributed by atoms with E-state index in [1.54, 1.807) is 25.1 Å². The summed E-state index contributed by atoms with van der Waals surface area (Å²) in [5.74, 6) is -2.65. The zero-order chi connectivity index (χ0) is 20.0. The van der Waals surface area contributed by atoms with Gasteiger partial charge in [-0.15, -0.1) is 0 Å². The molecule has 0 aromatic heterocycles. The quantitative estimate of drug-likeness (QED) is 0.694. The van der Waals surface area contributed by atoms with Gasteiger partial charge in [0.25, 0.3) is 0 Å². The van der Waals surface area contributed by atoms with Crippen molar-refractivity contribution < 1.29 is 18.4 Å². The first kappa shape index (κ1) is 20.9. The van der Waals surface area contributed by atoms with E-state index in [4.69, 9.17) is 23.2 Å². The van der Waals surface area contributed by atoms with Crippen LogP contribution in [0.1, 0.15) is 12.5 Å². The number of benzene rings is 2. The van der Waals surface area contributed by atoms with Gasteiger partial charge < -0.3 is 10.2 Å². The Hall–Kier alpha value is -2.44. The maximum absolute atomic E-state index is 13.6. The Morgan fingerprint density at radius 2 is 1.63 bits per heavy atom. The topological polar surface area (TPSA) is 49.4 Å². The fourth-order valence-electron chi connectivity index (χ4n) is 2.25. The number of carbonyl (C=O) groups is 2. The van der Waals surface area contributed by atoms with Crippen molar-refractivity contribution in [2.24, 2.45) is 0 Å². The SMILES string of the molecule is CCN(CC(=O)Nc1c(Cl)cccc1Cl)C(=O)C=Cc1c(F)cccc1F. The minimum absolute atomic E-state index is 0.215. The molecule has 142 valence electrons. The molecule has 0 bridgehead atoms. The molecular weight excluding hydrogens is 397 g/mol. The highest BCUT2D eigenvalue weighted by atomic mass is 35.5. The minimum atomic E-state index is -0.784. The summed E-state index contributed by atoms with van der Waals surface area (Å²) in [4.78, 5) is 25.7. The van der Waals surface area contributed by atoms with E-state index in [9.17, 15) is 18.4 Å². The van der Waals surface area contributed by atoms with Crippen LogP contribution in [-0.2, 0) is 9.59 Å². The molecular formula is C19H16Cl2F2N2O2. The number of halogens is 4. The number of carbonyl (C=O) groups excluding carboxylic acids is 2. The average molecular weight is 413 g/mol. The summed E-state index contributed by atoms with van der Waals surface area (Å²) < 4.78 is 27.2. The molecule has 27 heavy (non-hydrogen) atoms. The highest BCUT2D eigenvalue weighted by Crippen LogP contribution is 2.29. The smallest absolute Gasteiger partial charge is 0.247 e. The van der Waals surface area contributed by atoms with Gasteiger partial charge in [-0.3, -0.25) is 9.59 Å². The molecule has 0 atom stereocenters. The van der Waals surface area contributed by atoms with Gasteiger partial charge in [-0.25, -0.2) is 8.78 Å². The first-order chi connectivity index (χ1) is 12.8. The molecule has 0 saturated heterocycles. The van der Waals surface area contributed by atoms with Gasteiger partial charge in [0.2, 0.25) is 11.8 Å². The predicted octanol–water partition coefficient (Wildman–Crippen LogP) is 4.77. The molecule has 0 saturated carbocycles. The van der Waals surface area contributed by atoms with E-state index in [1.165, 1.54) is 11.0 Å². The molecule has 0 spiro atoms. The third-order valence-electron chi connectivity index (χ3n) is 3.65. The molecule has 8 heteroatoms. The van der Waals surface area contributed by atoms with E-state index >= 15 is 0 Å². The lowest BCUT2D eigenvalue weighted by Crippen LogP contribution is -2.37. The molecule has 2 aromatic rings. The first-order valence-corrected chi connectivity index (χ1v) is 8.74. The van der Waals surface area contributed by atoms with Crippen molar-refractivity contribution in [3.8, 4) is 0 Å². The fourth-order valence-corrected chi connectivity index (χ4v) is 2.74. The van der Waals surface area contributed by atoms with Crippen LogP contribution in [0.4, 0.5) is 14.5 Å². The third kappa shape index (κ3) is 5.52. The Labute approximate surface area is 165 Å². The molecule has 0 fully saturated rings. The van der Waals surface area contributed by atoms with Crippen LogP contribution < -0.4 is 5.32 Å². The number of hydrogen-bond acceptors (Lipinski definition) is 2. The van der Waals surface area contributed by atoms with Crippen molar-refractivity contribution in [3.05, 3.63) is 69.7 Å². The van der Waals surface area contributed by atoms with E-state index < -0.39 is 23.4 Å². The highest BCUT2D eigenvalue weighted by Gasteiger charge is 2.16. The van der Waals surface area contributed by atoms with Gasteiger partial charge in [0, 0.05) is 18.2 Å². The largest absolute Gasteiger partial charge is 0.330 e. The molecule has 2 amide bonds. The first-order valence-electron chi connectivity index (χ1n) is 7.98. The second kappa shape index (κ2) is 9.48. The van der Waals surface area contributed by atoms with Crippen molar-refractivity contribution in [2.45, 2.75) is 6.92 Å². The number of anilines is 1. The van der Waals surface area contributed by atoms with Gasteiger partial charge >= 0.3 is 0 Å². The van der Waals surface area contributed by atoms with E-state index in [0.717, 1.165) is 24.3 Å². The predicted molar refractivity (Wildman–Crippen MR) is 103 cm³/mol. The summed E-state index contributed by atoms with van der Waals surface area (Å²) in [6.45, 7) is 1.61. The van der Waals surface area contributed by atoms with E-state index in [1.807, 2.05) is 0 Å². The van der Waals surface area contributed by atoms with Crippen LogP contribution in [0.3, 0.4) is 0 Å². The molecule has 4 nitrogen and oxygen atoms in total. The molecule has 0 aliphatic heterocycles. The minimum Gasteiger partial charge on any atom is -0.330 e. The maximum atomic E-state index is 13.6. The van der Waals surface area contributed by atoms with Crippen LogP contribution in [0, 0.1) is 11.6 Å². The van der Waals surface area contributed by atoms with Gasteiger partial charge in [-0.1, -0.05) is 35.3 Å². The summed E-state index contributed by atoms with van der Waals surface area (Å²) in [6.07, 6.45) is 2.05. The summed E-state index contributed by atoms with van der Waals surface area (Å²) in [5.41, 5.74) is -0.0764. The van der Waals surface area contributed by atoms with Crippen molar-refractivity contribution in [1.82, 2.24) is 4.90 Å². The van der Waals surface area contributed by atoms with Crippen molar-refractivity contribution in [3.63, 3.8) is 0 Å². The Morgan fingerprint density at radius 1 is 1.07 bits per heavy atom. The fraction of sp³-hybridized carbons (Fsp3) is 0.158. The van der Waals surface area contributed by atoms with Gasteiger partial charge in [0.15, 0.2) is 0 Å². The third-order valence-corrected chi connectivity index (χ3v) is 4.28. The van der Waals surface area contributed by atoms with Gasteiger partial charge in [-0.2, -0.15) is 0 Å². The molecule has 1 N–H and O–H groups in total. The van der Waals surface area contributed by atoms with Crippen LogP contribution in [0.15, 0.2) is 42.5 Å². The maximum Gasteiger partial charge on any atom is 0.247 e. The molecule has 0 aliphatic rings. The van der Waals surface area contributed by atoms with Crippen molar-refractivity contribution >= 4 is 46.8 Å². The Bertz CT molecular complexity index is 848. The van der Waals surface area contributed by atoms with Crippen LogP contribution >= 0.6 is 23.2 Å². The number of nitrogens with one attached hydrogen (secondary N) is 1. The monoisotopic (exact) mass is 412 g/mol. The van der Waals surface area contributed by atoms with E-state index in [-0.39, 0.29) is 34.4 Å². The lowest BCUT2D eigenvalue weighted by molar-refractivity contribution is -0.130. The van der Waals surface area contributed by atoms with Crippen molar-refractivity contribution in [1.29, 1.82) is 0 Å². The van der Waals surface area contributed by atoms with Gasteiger partial charge in [-0.05, 0) is 37.3 Å². The zero-order valence-corrected chi connectivity index (χ0v) is 15.8. The Kier molecular flexibility index (Phi) is 7.33. The average Bonchev–Trinajstić information content (AvgIpc) is 2.62. The second-order valence-corrected chi connectivity index (χ2v) is 6.28. The Balaban J connectivity index is 2.06. The van der Waals surface area contributed by atoms with Gasteiger partial charge in [0.05, 0.1) is 15.7 Å². The number of rotatable bonds is 6. The zero-order valence-electron chi connectivity index (χ0n) is 14.3. The molecule has 0 unspecified atom stereocenters. The van der Waals surface area contributed by atoms with Crippen LogP contribution in [0.5, 0.6) is 0 Å². The second-order valence-electron chi connectivity index (χ2n) is 5.47. The van der Waals surface area contributed by atoms with Crippen LogP contribution in [0.2, 0.25) is 10.0 Å². The number of likely N-dealkylation sites (N-methyl/N-ethyl adjacent to an activating group) is 1. The molecule has 0 aliphatic carbocycles. The normalized spacial score (nSPS) is 10.9. The number of hydrogen-bond donors (Lipinski definition) is 1. The lowest BCUT2D eigenvalue weighted by atomic mass is 10.2. The number of nitrogens with zero attached hydrogens (tertiary/aromatic N) is 1. The summed E-state index contributed by atoms with van der Waals surface area (Å²) in [7, 11) is 0. The standard InChI is InChI=1S/C19H16Cl2F2N2O2/c1-2-25(11-17(26)24-19-13(20)5-3-6-14(19)21)18(27)10-9-12-15(22)7-4-8-16(12)23/h3-10H,2,11H2,1H3,(H,24,26). The van der Waals surface area contributed by atoms with E-state index in [2.05, 4.69) is 5.32 Å². The summed E-state index contributed by atoms with van der Waals surface area (Å²) in [5, 5.41) is 3.08. The van der Waals surface area contributed by atoms with Gasteiger partial charge in [0.1, 0.15) is 18.2 Å². The number of amides is 2. The lowest BCUT2D eigenvalue weighted by Gasteiger charge is -2.19. The molecule has 2 rings (SSSR count). The molecule has 2 aromatic carbocycles. The van der Waals surface area contributed by atoms with Crippen LogP contribution in [-0.4, -0.2) is 29.8 Å². The molecule has 0 radical (unpaired) electrons. The highest BCUT2D eigenvalue weighted by molar-refractivity contribution is 6.39. The summed E-state index contributed by atoms with van der Waals surface area (Å²) in [6, 6.07) is 8.17. The Morgan fingerprint density at radius 3 is 2.19 bits per heavy atom. The number of para-hydroxylation sites is 1. The summed E-state index contributed by atoms with van der Waals surface area (Å²) >= 11 is 12.0. The molecule has 0 heterocycles. The van der Waals surface area contributed by atoms with Crippen molar-refractivity contribution in [2.75, 3.05) is 18.4 Å². The van der Waals surface area contributed by atoms with Crippen LogP contribution in [0.25, 0.3) is 6.08 Å². The van der Waals surface area contributed by atoms with E-state index in [0.29, 0.717) is 0 Å².